The van der Waals surface area contributed by atoms with E-state index in [0.29, 0.717) is 5.56 Å². The van der Waals surface area contributed by atoms with Gasteiger partial charge in [0.15, 0.2) is 0 Å². The van der Waals surface area contributed by atoms with Crippen molar-refractivity contribution in [3.05, 3.63) is 23.4 Å². The van der Waals surface area contributed by atoms with Crippen molar-refractivity contribution in [2.24, 2.45) is 0 Å². The number of nitrogens with zero attached hydrogens (tertiary/aromatic N) is 2. The lowest BCUT2D eigenvalue weighted by Crippen LogP contribution is -2.27. The van der Waals surface area contributed by atoms with Gasteiger partial charge < -0.3 is 10.0 Å². The van der Waals surface area contributed by atoms with Crippen LogP contribution in [0.25, 0.3) is 0 Å². The van der Waals surface area contributed by atoms with E-state index in [1.54, 1.807) is 12.1 Å². The van der Waals surface area contributed by atoms with Crippen LogP contribution in [-0.2, 0) is 0 Å². The summed E-state index contributed by atoms with van der Waals surface area (Å²) in [5.74, 6) is 2.42. The highest BCUT2D eigenvalue weighted by Crippen LogP contribution is 2.22. The monoisotopic (exact) mass is 280 g/mol. The average Bonchev–Trinajstić information content (AvgIpc) is 2.66. The molecule has 0 atom stereocenters. The maximum Gasteiger partial charge on any atom is 0.335 e. The number of anilines is 1. The summed E-state index contributed by atoms with van der Waals surface area (Å²) in [6, 6.07) is 3.38. The van der Waals surface area contributed by atoms with Crippen LogP contribution in [-0.4, -0.2) is 40.7 Å². The number of hydrogen-bond donors (Lipinski definition) is 1. The van der Waals surface area contributed by atoms with Gasteiger partial charge in [0.2, 0.25) is 0 Å². The molecule has 1 N–H and O–H groups in total. The Morgan fingerprint density at radius 1 is 1.37 bits per heavy atom. The van der Waals surface area contributed by atoms with Crippen LogP contribution in [0.5, 0.6) is 0 Å². The molecule has 2 rings (SSSR count). The molecule has 0 aliphatic carbocycles. The maximum atomic E-state index is 11.2. The molecule has 0 spiro atoms. The van der Waals surface area contributed by atoms with Crippen LogP contribution < -0.4 is 4.90 Å². The number of aromatic carboxylic acids is 1. The van der Waals surface area contributed by atoms with Gasteiger partial charge in [-0.15, -0.1) is 0 Å². The number of thioether (sulfide) groups is 1. The van der Waals surface area contributed by atoms with E-state index in [1.165, 1.54) is 5.75 Å². The van der Waals surface area contributed by atoms with E-state index in [2.05, 4.69) is 9.88 Å². The van der Waals surface area contributed by atoms with Gasteiger partial charge in [-0.1, -0.05) is 13.8 Å². The lowest BCUT2D eigenvalue weighted by atomic mass is 10.1. The molecule has 0 saturated carbocycles. The van der Waals surface area contributed by atoms with Crippen molar-refractivity contribution in [3.8, 4) is 0 Å². The highest BCUT2D eigenvalue weighted by molar-refractivity contribution is 7.99. The minimum absolute atomic E-state index is 0.236. The quantitative estimate of drug-likeness (QED) is 0.922. The molecule has 1 saturated heterocycles. The number of carboxylic acids is 1. The molecule has 1 aliphatic rings. The average molecular weight is 280 g/mol. The number of hydrogen-bond acceptors (Lipinski definition) is 4. The van der Waals surface area contributed by atoms with Crippen molar-refractivity contribution in [2.75, 3.05) is 29.5 Å². The van der Waals surface area contributed by atoms with E-state index in [-0.39, 0.29) is 5.92 Å². The topological polar surface area (TPSA) is 53.4 Å². The van der Waals surface area contributed by atoms with Crippen LogP contribution in [0.2, 0.25) is 0 Å². The third kappa shape index (κ3) is 3.62. The van der Waals surface area contributed by atoms with Crippen molar-refractivity contribution >= 4 is 23.5 Å². The molecule has 1 aromatic rings. The van der Waals surface area contributed by atoms with Gasteiger partial charge in [0, 0.05) is 24.5 Å². The zero-order valence-corrected chi connectivity index (χ0v) is 12.2. The SMILES string of the molecule is CC(C)c1cc(C(=O)O)cc(N2CCCSCC2)n1. The highest BCUT2D eigenvalue weighted by Gasteiger charge is 2.16. The van der Waals surface area contributed by atoms with Crippen LogP contribution in [0, 0.1) is 0 Å². The fourth-order valence-electron chi connectivity index (χ4n) is 2.09. The smallest absolute Gasteiger partial charge is 0.335 e. The molecule has 104 valence electrons. The van der Waals surface area contributed by atoms with E-state index < -0.39 is 5.97 Å². The molecule has 1 fully saturated rings. The van der Waals surface area contributed by atoms with Gasteiger partial charge in [0.25, 0.3) is 0 Å². The molecule has 0 radical (unpaired) electrons. The Labute approximate surface area is 118 Å². The molecule has 1 aromatic heterocycles. The summed E-state index contributed by atoms with van der Waals surface area (Å²) in [5.41, 5.74) is 1.19. The molecular weight excluding hydrogens is 260 g/mol. The Hall–Kier alpha value is -1.23. The minimum Gasteiger partial charge on any atom is -0.478 e. The minimum atomic E-state index is -0.880. The molecule has 0 bridgehead atoms. The molecule has 5 heteroatoms. The number of rotatable bonds is 3. The zero-order valence-electron chi connectivity index (χ0n) is 11.4. The first-order valence-electron chi connectivity index (χ1n) is 6.66. The molecule has 0 aromatic carbocycles. The first kappa shape index (κ1) is 14.2. The second-order valence-corrected chi connectivity index (χ2v) is 6.28. The second kappa shape index (κ2) is 6.28. The van der Waals surface area contributed by atoms with Gasteiger partial charge in [0.05, 0.1) is 5.56 Å². The van der Waals surface area contributed by atoms with Gasteiger partial charge >= 0.3 is 5.97 Å². The molecule has 2 heterocycles. The summed E-state index contributed by atoms with van der Waals surface area (Å²) >= 11 is 1.95. The molecule has 0 amide bonds. The van der Waals surface area contributed by atoms with E-state index in [0.717, 1.165) is 36.8 Å². The highest BCUT2D eigenvalue weighted by atomic mass is 32.2. The standard InChI is InChI=1S/C14H20N2O2S/c1-10(2)12-8-11(14(17)18)9-13(15-12)16-4-3-6-19-7-5-16/h8-10H,3-7H2,1-2H3,(H,17,18). The molecule has 19 heavy (non-hydrogen) atoms. The lowest BCUT2D eigenvalue weighted by Gasteiger charge is -2.22. The van der Waals surface area contributed by atoms with Crippen molar-refractivity contribution < 1.29 is 9.90 Å². The van der Waals surface area contributed by atoms with Gasteiger partial charge in [-0.2, -0.15) is 11.8 Å². The normalized spacial score (nSPS) is 16.5. The van der Waals surface area contributed by atoms with Gasteiger partial charge in [-0.05, 0) is 30.2 Å². The Balaban J connectivity index is 2.34. The first-order chi connectivity index (χ1) is 9.08. The maximum absolute atomic E-state index is 11.2. The van der Waals surface area contributed by atoms with Crippen molar-refractivity contribution in [3.63, 3.8) is 0 Å². The number of carboxylic acid groups (broad SMARTS) is 1. The predicted octanol–water partition coefficient (Wildman–Crippen LogP) is 2.85. The molecule has 4 nitrogen and oxygen atoms in total. The Kier molecular flexibility index (Phi) is 4.69. The first-order valence-corrected chi connectivity index (χ1v) is 7.81. The van der Waals surface area contributed by atoms with Gasteiger partial charge in [-0.3, -0.25) is 0 Å². The third-order valence-corrected chi connectivity index (χ3v) is 4.26. The number of pyridine rings is 1. The van der Waals surface area contributed by atoms with Crippen molar-refractivity contribution in [1.82, 2.24) is 4.98 Å². The van der Waals surface area contributed by atoms with E-state index in [1.807, 2.05) is 25.6 Å². The predicted molar refractivity (Wildman–Crippen MR) is 79.4 cm³/mol. The van der Waals surface area contributed by atoms with Crippen LogP contribution in [0.1, 0.15) is 42.2 Å². The molecular formula is C14H20N2O2S. The van der Waals surface area contributed by atoms with E-state index in [4.69, 9.17) is 0 Å². The Morgan fingerprint density at radius 2 is 2.16 bits per heavy atom. The zero-order chi connectivity index (χ0) is 13.8. The number of carbonyl (C=O) groups is 1. The summed E-state index contributed by atoms with van der Waals surface area (Å²) in [4.78, 5) is 18.1. The van der Waals surface area contributed by atoms with Gasteiger partial charge in [-0.25, -0.2) is 9.78 Å². The Bertz CT molecular complexity index is 455. The Morgan fingerprint density at radius 3 is 2.84 bits per heavy atom. The van der Waals surface area contributed by atoms with Crippen molar-refractivity contribution in [1.29, 1.82) is 0 Å². The fourth-order valence-corrected chi connectivity index (χ4v) is 2.98. The summed E-state index contributed by atoms with van der Waals surface area (Å²) in [6.45, 7) is 5.98. The summed E-state index contributed by atoms with van der Waals surface area (Å²) in [5, 5.41) is 9.22. The van der Waals surface area contributed by atoms with Crippen LogP contribution in [0.15, 0.2) is 12.1 Å². The molecule has 0 unspecified atom stereocenters. The number of aromatic nitrogens is 1. The summed E-state index contributed by atoms with van der Waals surface area (Å²) in [6.07, 6.45) is 1.13. The fraction of sp³-hybridized carbons (Fsp3) is 0.571. The third-order valence-electron chi connectivity index (χ3n) is 3.22. The van der Waals surface area contributed by atoms with Crippen LogP contribution in [0.4, 0.5) is 5.82 Å². The second-order valence-electron chi connectivity index (χ2n) is 5.05. The lowest BCUT2D eigenvalue weighted by molar-refractivity contribution is 0.0696. The summed E-state index contributed by atoms with van der Waals surface area (Å²) in [7, 11) is 0. The van der Waals surface area contributed by atoms with E-state index in [9.17, 15) is 9.90 Å². The molecule has 1 aliphatic heterocycles. The summed E-state index contributed by atoms with van der Waals surface area (Å²) < 4.78 is 0. The van der Waals surface area contributed by atoms with Crippen LogP contribution >= 0.6 is 11.8 Å². The van der Waals surface area contributed by atoms with Crippen LogP contribution in [0.3, 0.4) is 0 Å². The van der Waals surface area contributed by atoms with E-state index >= 15 is 0 Å². The largest absolute Gasteiger partial charge is 0.478 e. The van der Waals surface area contributed by atoms with Crippen molar-refractivity contribution in [2.45, 2.75) is 26.2 Å². The van der Waals surface area contributed by atoms with Gasteiger partial charge in [0.1, 0.15) is 5.82 Å².